The zero-order valence-electron chi connectivity index (χ0n) is 11.3. The molecule has 0 aromatic heterocycles. The zero-order valence-corrected chi connectivity index (χ0v) is 11.3. The number of carbonyl (C=O) groups excluding carboxylic acids is 2. The van der Waals surface area contributed by atoms with E-state index in [2.05, 4.69) is 10.6 Å². The van der Waals surface area contributed by atoms with E-state index in [-0.39, 0.29) is 24.3 Å². The van der Waals surface area contributed by atoms with Crippen molar-refractivity contribution in [2.75, 3.05) is 18.5 Å². The summed E-state index contributed by atoms with van der Waals surface area (Å²) < 4.78 is 0. The second-order valence-corrected chi connectivity index (χ2v) is 4.59. The number of amides is 2. The molecule has 0 radical (unpaired) electrons. The van der Waals surface area contributed by atoms with Crippen molar-refractivity contribution in [1.82, 2.24) is 5.32 Å². The van der Waals surface area contributed by atoms with Gasteiger partial charge in [-0.15, -0.1) is 0 Å². The maximum absolute atomic E-state index is 11.6. The summed E-state index contributed by atoms with van der Waals surface area (Å²) in [6.07, 6.45) is 0.653. The van der Waals surface area contributed by atoms with Gasteiger partial charge in [0.15, 0.2) is 5.78 Å². The first-order valence-corrected chi connectivity index (χ1v) is 6.29. The number of aliphatic hydroxyl groups excluding tert-OH is 1. The maximum atomic E-state index is 11.6. The monoisotopic (exact) mass is 264 g/mol. The lowest BCUT2D eigenvalue weighted by Crippen LogP contribution is -2.32. The van der Waals surface area contributed by atoms with Crippen LogP contribution in [0.2, 0.25) is 0 Å². The summed E-state index contributed by atoms with van der Waals surface area (Å²) in [6, 6.07) is 6.48. The standard InChI is InChI=1S/C14H20N2O3/c1-10(6-7-17)9-15-14(19)16-13-5-3-4-12(8-13)11(2)18/h3-5,8,10,17H,6-7,9H2,1-2H3,(H2,15,16,19). The summed E-state index contributed by atoms with van der Waals surface area (Å²) in [5, 5.41) is 14.1. The van der Waals surface area contributed by atoms with E-state index in [1.807, 2.05) is 6.92 Å². The number of ketones is 1. The molecule has 0 heterocycles. The van der Waals surface area contributed by atoms with E-state index < -0.39 is 0 Å². The Morgan fingerprint density at radius 3 is 2.74 bits per heavy atom. The molecule has 5 heteroatoms. The largest absolute Gasteiger partial charge is 0.396 e. The van der Waals surface area contributed by atoms with Crippen molar-refractivity contribution in [3.8, 4) is 0 Å². The van der Waals surface area contributed by atoms with Gasteiger partial charge in [-0.25, -0.2) is 4.79 Å². The Bertz CT molecular complexity index is 446. The molecule has 1 atom stereocenters. The third-order valence-electron chi connectivity index (χ3n) is 2.76. The van der Waals surface area contributed by atoms with Crippen LogP contribution in [0.5, 0.6) is 0 Å². The average Bonchev–Trinajstić information content (AvgIpc) is 2.37. The molecule has 1 aromatic rings. The molecule has 3 N–H and O–H groups in total. The molecule has 1 unspecified atom stereocenters. The van der Waals surface area contributed by atoms with Crippen LogP contribution in [-0.2, 0) is 0 Å². The lowest BCUT2D eigenvalue weighted by Gasteiger charge is -2.12. The van der Waals surface area contributed by atoms with Gasteiger partial charge in [0.1, 0.15) is 0 Å². The minimum absolute atomic E-state index is 0.0411. The fraction of sp³-hybridized carbons (Fsp3) is 0.429. The van der Waals surface area contributed by atoms with Crippen LogP contribution in [0.15, 0.2) is 24.3 Å². The molecule has 104 valence electrons. The second-order valence-electron chi connectivity index (χ2n) is 4.59. The zero-order chi connectivity index (χ0) is 14.3. The third kappa shape index (κ3) is 5.52. The first kappa shape index (κ1) is 15.2. The molecular formula is C14H20N2O3. The van der Waals surface area contributed by atoms with Gasteiger partial charge in [0, 0.05) is 24.4 Å². The van der Waals surface area contributed by atoms with Crippen LogP contribution in [0, 0.1) is 5.92 Å². The summed E-state index contributed by atoms with van der Waals surface area (Å²) in [5.41, 5.74) is 1.14. The molecule has 0 saturated carbocycles. The number of hydrogen-bond acceptors (Lipinski definition) is 3. The Hall–Kier alpha value is -1.88. The minimum atomic E-state index is -0.314. The van der Waals surface area contributed by atoms with Crippen molar-refractivity contribution in [3.63, 3.8) is 0 Å². The van der Waals surface area contributed by atoms with Crippen molar-refractivity contribution >= 4 is 17.5 Å². The molecular weight excluding hydrogens is 244 g/mol. The highest BCUT2D eigenvalue weighted by Crippen LogP contribution is 2.11. The fourth-order valence-electron chi connectivity index (χ4n) is 1.58. The molecule has 0 saturated heterocycles. The number of urea groups is 1. The number of carbonyl (C=O) groups is 2. The van der Waals surface area contributed by atoms with Crippen molar-refractivity contribution < 1.29 is 14.7 Å². The van der Waals surface area contributed by atoms with Crippen LogP contribution in [0.1, 0.15) is 30.6 Å². The van der Waals surface area contributed by atoms with Crippen LogP contribution in [0.4, 0.5) is 10.5 Å². The number of aliphatic hydroxyl groups is 1. The fourth-order valence-corrected chi connectivity index (χ4v) is 1.58. The number of benzene rings is 1. The lowest BCUT2D eigenvalue weighted by molar-refractivity contribution is 0.101. The normalized spacial score (nSPS) is 11.7. The minimum Gasteiger partial charge on any atom is -0.396 e. The molecule has 0 spiro atoms. The van der Waals surface area contributed by atoms with Gasteiger partial charge in [-0.05, 0) is 31.4 Å². The van der Waals surface area contributed by atoms with Gasteiger partial charge >= 0.3 is 6.03 Å². The summed E-state index contributed by atoms with van der Waals surface area (Å²) >= 11 is 0. The molecule has 0 bridgehead atoms. The van der Waals surface area contributed by atoms with Crippen LogP contribution in [-0.4, -0.2) is 30.1 Å². The Labute approximate surface area is 113 Å². The first-order chi connectivity index (χ1) is 9.02. The predicted octanol–water partition coefficient (Wildman–Crippen LogP) is 2.03. The molecule has 2 amide bonds. The second kappa shape index (κ2) is 7.53. The van der Waals surface area contributed by atoms with Crippen molar-refractivity contribution in [3.05, 3.63) is 29.8 Å². The highest BCUT2D eigenvalue weighted by atomic mass is 16.3. The molecule has 0 aliphatic heterocycles. The molecule has 1 rings (SSSR count). The summed E-state index contributed by atoms with van der Waals surface area (Å²) in [6.45, 7) is 4.05. The molecule has 0 aliphatic carbocycles. The van der Waals surface area contributed by atoms with Crippen molar-refractivity contribution in [2.45, 2.75) is 20.3 Å². The molecule has 5 nitrogen and oxygen atoms in total. The van der Waals surface area contributed by atoms with Gasteiger partial charge in [-0.2, -0.15) is 0 Å². The topological polar surface area (TPSA) is 78.4 Å². The summed E-state index contributed by atoms with van der Waals surface area (Å²) in [4.78, 5) is 22.9. The van der Waals surface area contributed by atoms with E-state index in [0.29, 0.717) is 24.2 Å². The Morgan fingerprint density at radius 1 is 1.37 bits per heavy atom. The number of anilines is 1. The van der Waals surface area contributed by atoms with E-state index in [9.17, 15) is 9.59 Å². The average molecular weight is 264 g/mol. The number of nitrogens with one attached hydrogen (secondary N) is 2. The summed E-state index contributed by atoms with van der Waals surface area (Å²) in [5.74, 6) is 0.180. The maximum Gasteiger partial charge on any atom is 0.319 e. The molecule has 0 fully saturated rings. The third-order valence-corrected chi connectivity index (χ3v) is 2.76. The Morgan fingerprint density at radius 2 is 2.11 bits per heavy atom. The number of Topliss-reactive ketones (excluding diaryl/α,β-unsaturated/α-hetero) is 1. The van der Waals surface area contributed by atoms with Gasteiger partial charge in [0.05, 0.1) is 0 Å². The number of hydrogen-bond donors (Lipinski definition) is 3. The van der Waals surface area contributed by atoms with E-state index in [1.165, 1.54) is 6.92 Å². The first-order valence-electron chi connectivity index (χ1n) is 6.29. The van der Waals surface area contributed by atoms with Gasteiger partial charge in [0.2, 0.25) is 0 Å². The highest BCUT2D eigenvalue weighted by molar-refractivity contribution is 5.96. The van der Waals surface area contributed by atoms with Crippen LogP contribution >= 0.6 is 0 Å². The van der Waals surface area contributed by atoms with Crippen molar-refractivity contribution in [2.24, 2.45) is 5.92 Å². The van der Waals surface area contributed by atoms with Crippen LogP contribution in [0.25, 0.3) is 0 Å². The summed E-state index contributed by atoms with van der Waals surface area (Å²) in [7, 11) is 0. The molecule has 0 aliphatic rings. The van der Waals surface area contributed by atoms with Crippen molar-refractivity contribution in [1.29, 1.82) is 0 Å². The van der Waals surface area contributed by atoms with E-state index in [0.717, 1.165) is 0 Å². The van der Waals surface area contributed by atoms with Gasteiger partial charge in [-0.1, -0.05) is 19.1 Å². The van der Waals surface area contributed by atoms with Gasteiger partial charge in [-0.3, -0.25) is 4.79 Å². The quantitative estimate of drug-likeness (QED) is 0.688. The Balaban J connectivity index is 2.48. The van der Waals surface area contributed by atoms with Crippen LogP contribution in [0.3, 0.4) is 0 Å². The van der Waals surface area contributed by atoms with E-state index in [1.54, 1.807) is 24.3 Å². The Kier molecular flexibility index (Phi) is 6.02. The molecule has 1 aromatic carbocycles. The smallest absolute Gasteiger partial charge is 0.319 e. The number of rotatable bonds is 6. The van der Waals surface area contributed by atoms with E-state index >= 15 is 0 Å². The highest BCUT2D eigenvalue weighted by Gasteiger charge is 2.06. The molecule has 19 heavy (non-hydrogen) atoms. The lowest BCUT2D eigenvalue weighted by atomic mass is 10.1. The van der Waals surface area contributed by atoms with Crippen LogP contribution < -0.4 is 10.6 Å². The predicted molar refractivity (Wildman–Crippen MR) is 74.3 cm³/mol. The van der Waals surface area contributed by atoms with E-state index in [4.69, 9.17) is 5.11 Å². The van der Waals surface area contributed by atoms with Gasteiger partial charge in [0.25, 0.3) is 0 Å². The van der Waals surface area contributed by atoms with Gasteiger partial charge < -0.3 is 15.7 Å². The SMILES string of the molecule is CC(=O)c1cccc(NC(=O)NCC(C)CCO)c1.